The van der Waals surface area contributed by atoms with Gasteiger partial charge in [-0.3, -0.25) is 9.78 Å². The van der Waals surface area contributed by atoms with Crippen molar-refractivity contribution in [3.05, 3.63) is 102 Å². The van der Waals surface area contributed by atoms with Crippen molar-refractivity contribution in [3.8, 4) is 11.1 Å². The lowest BCUT2D eigenvalue weighted by Crippen LogP contribution is -2.49. The molecule has 0 saturated heterocycles. The second-order valence-electron chi connectivity index (χ2n) is 9.04. The standard InChI is InChI=1S/C28H27ClN4O5S/c1-19-5-8-22(18-24(19)32-27(36)31-23-11-15-30-16-12-23)21-9-6-20(7-10-21)17-25(26(34)35)33-39(37,38)28(29)13-3-2-4-14-28/h2-13,15-16,18,25,33H,14,17H2,1H3,(H,34,35)(H2,30,31,32,36)/t25-,28+/m1/s1. The maximum absolute atomic E-state index is 12.9. The normalized spacial score (nSPS) is 17.4. The number of carbonyl (C=O) groups excluding carboxylic acids is 1. The van der Waals surface area contributed by atoms with Crippen LogP contribution in [0.2, 0.25) is 0 Å². The molecule has 39 heavy (non-hydrogen) atoms. The molecule has 1 aliphatic rings. The van der Waals surface area contributed by atoms with E-state index in [4.69, 9.17) is 11.6 Å². The maximum atomic E-state index is 12.9. The molecule has 11 heteroatoms. The Labute approximate surface area is 231 Å². The highest BCUT2D eigenvalue weighted by Gasteiger charge is 2.41. The molecule has 0 unspecified atom stereocenters. The Morgan fingerprint density at radius 2 is 1.72 bits per heavy atom. The summed E-state index contributed by atoms with van der Waals surface area (Å²) in [7, 11) is -4.18. The SMILES string of the molecule is Cc1ccc(-c2ccc(C[C@@H](NS(=O)(=O)[C@@]3(Cl)C=CC=CC3)C(=O)O)cc2)cc1NC(=O)Nc1ccncc1. The van der Waals surface area contributed by atoms with Gasteiger partial charge in [-0.25, -0.2) is 13.2 Å². The zero-order valence-electron chi connectivity index (χ0n) is 21.0. The first-order valence-corrected chi connectivity index (χ1v) is 13.9. The monoisotopic (exact) mass is 566 g/mol. The number of pyridine rings is 1. The minimum atomic E-state index is -4.18. The van der Waals surface area contributed by atoms with Crippen LogP contribution in [-0.2, 0) is 21.2 Å². The topological polar surface area (TPSA) is 137 Å². The lowest BCUT2D eigenvalue weighted by Gasteiger charge is -2.26. The van der Waals surface area contributed by atoms with Gasteiger partial charge in [0.1, 0.15) is 6.04 Å². The molecule has 2 aromatic carbocycles. The molecule has 3 aromatic rings. The average Bonchev–Trinajstić information content (AvgIpc) is 2.91. The molecule has 1 aliphatic carbocycles. The third-order valence-electron chi connectivity index (χ3n) is 6.18. The van der Waals surface area contributed by atoms with E-state index in [0.717, 1.165) is 16.7 Å². The Balaban J connectivity index is 1.45. The number of halogens is 1. The molecule has 2 atom stereocenters. The van der Waals surface area contributed by atoms with Crippen LogP contribution in [0.4, 0.5) is 16.2 Å². The van der Waals surface area contributed by atoms with Gasteiger partial charge in [0.2, 0.25) is 10.0 Å². The van der Waals surface area contributed by atoms with Crippen LogP contribution in [0.1, 0.15) is 17.5 Å². The number of carboxylic acid groups (broad SMARTS) is 1. The van der Waals surface area contributed by atoms with Crippen LogP contribution < -0.4 is 15.4 Å². The van der Waals surface area contributed by atoms with Gasteiger partial charge in [-0.2, -0.15) is 4.72 Å². The van der Waals surface area contributed by atoms with E-state index < -0.39 is 32.3 Å². The van der Waals surface area contributed by atoms with Crippen LogP contribution in [-0.4, -0.2) is 40.8 Å². The van der Waals surface area contributed by atoms with Gasteiger partial charge in [-0.05, 0) is 59.9 Å². The second kappa shape index (κ2) is 11.8. The summed E-state index contributed by atoms with van der Waals surface area (Å²) in [6.45, 7) is 1.88. The highest BCUT2D eigenvalue weighted by molar-refractivity contribution is 7.92. The summed E-state index contributed by atoms with van der Waals surface area (Å²) in [5, 5.41) is 15.3. The number of nitrogens with zero attached hydrogens (tertiary/aromatic N) is 1. The number of carbonyl (C=O) groups is 2. The molecule has 2 amide bonds. The summed E-state index contributed by atoms with van der Waals surface area (Å²) in [5.74, 6) is -1.31. The predicted octanol–water partition coefficient (Wildman–Crippen LogP) is 5.07. The number of sulfonamides is 1. The fraction of sp³-hybridized carbons (Fsp3) is 0.179. The van der Waals surface area contributed by atoms with E-state index in [9.17, 15) is 23.1 Å². The Morgan fingerprint density at radius 3 is 2.36 bits per heavy atom. The Morgan fingerprint density at radius 1 is 1.03 bits per heavy atom. The Hall–Kier alpha value is -3.99. The van der Waals surface area contributed by atoms with E-state index in [-0.39, 0.29) is 12.8 Å². The molecule has 0 aliphatic heterocycles. The first-order chi connectivity index (χ1) is 18.6. The van der Waals surface area contributed by atoms with Crippen LogP contribution >= 0.6 is 11.6 Å². The van der Waals surface area contributed by atoms with Crippen LogP contribution in [0.5, 0.6) is 0 Å². The number of hydrogen-bond acceptors (Lipinski definition) is 5. The summed E-state index contributed by atoms with van der Waals surface area (Å²) >= 11 is 6.29. The number of amides is 2. The van der Waals surface area contributed by atoms with E-state index in [0.29, 0.717) is 16.9 Å². The predicted molar refractivity (Wildman–Crippen MR) is 152 cm³/mol. The largest absolute Gasteiger partial charge is 0.480 e. The number of anilines is 2. The van der Waals surface area contributed by atoms with Crippen molar-refractivity contribution in [2.45, 2.75) is 30.0 Å². The van der Waals surface area contributed by atoms with Gasteiger partial charge in [0.05, 0.1) is 0 Å². The zero-order chi connectivity index (χ0) is 28.0. The van der Waals surface area contributed by atoms with Gasteiger partial charge in [-0.1, -0.05) is 66.2 Å². The number of aliphatic carboxylic acids is 1. The number of urea groups is 1. The number of aryl methyl sites for hydroxylation is 1. The first-order valence-electron chi connectivity index (χ1n) is 12.0. The summed E-state index contributed by atoms with van der Waals surface area (Å²) in [6.07, 6.45) is 9.26. The van der Waals surface area contributed by atoms with E-state index in [2.05, 4.69) is 20.3 Å². The van der Waals surface area contributed by atoms with Gasteiger partial charge in [-0.15, -0.1) is 0 Å². The maximum Gasteiger partial charge on any atom is 0.323 e. The minimum Gasteiger partial charge on any atom is -0.480 e. The molecule has 202 valence electrons. The molecular weight excluding hydrogens is 540 g/mol. The van der Waals surface area contributed by atoms with Gasteiger partial charge < -0.3 is 15.7 Å². The summed E-state index contributed by atoms with van der Waals surface area (Å²) < 4.78 is 26.2. The summed E-state index contributed by atoms with van der Waals surface area (Å²) in [5.41, 5.74) is 4.41. The lowest BCUT2D eigenvalue weighted by molar-refractivity contribution is -0.138. The van der Waals surface area contributed by atoms with E-state index in [1.807, 2.05) is 37.3 Å². The number of nitrogens with one attached hydrogen (secondary N) is 3. The number of aromatic nitrogens is 1. The number of hydrogen-bond donors (Lipinski definition) is 4. The van der Waals surface area contributed by atoms with Crippen LogP contribution in [0, 0.1) is 6.92 Å². The smallest absolute Gasteiger partial charge is 0.323 e. The Kier molecular flexibility index (Phi) is 8.49. The molecule has 4 rings (SSSR count). The van der Waals surface area contributed by atoms with Crippen LogP contribution in [0.15, 0.2) is 91.3 Å². The molecule has 0 saturated carbocycles. The number of carboxylic acids is 1. The van der Waals surface area contributed by atoms with Crippen molar-refractivity contribution < 1.29 is 23.1 Å². The summed E-state index contributed by atoms with van der Waals surface area (Å²) in [4.78, 5) is 28.3. The molecule has 0 bridgehead atoms. The molecular formula is C28H27ClN4O5S. The fourth-order valence-electron chi connectivity index (χ4n) is 3.96. The van der Waals surface area contributed by atoms with Gasteiger partial charge in [0, 0.05) is 30.2 Å². The number of rotatable bonds is 9. The molecule has 1 heterocycles. The van der Waals surface area contributed by atoms with E-state index >= 15 is 0 Å². The van der Waals surface area contributed by atoms with E-state index in [1.54, 1.807) is 48.8 Å². The fourth-order valence-corrected chi connectivity index (χ4v) is 5.59. The molecule has 0 radical (unpaired) electrons. The van der Waals surface area contributed by atoms with Crippen molar-refractivity contribution >= 4 is 45.0 Å². The van der Waals surface area contributed by atoms with E-state index in [1.165, 1.54) is 12.2 Å². The molecule has 0 fully saturated rings. The third-order valence-corrected chi connectivity index (χ3v) is 8.86. The van der Waals surface area contributed by atoms with Crippen molar-refractivity contribution in [1.29, 1.82) is 0 Å². The molecule has 4 N–H and O–H groups in total. The number of alkyl halides is 1. The quantitative estimate of drug-likeness (QED) is 0.267. The average molecular weight is 567 g/mol. The zero-order valence-corrected chi connectivity index (χ0v) is 22.5. The van der Waals surface area contributed by atoms with Crippen molar-refractivity contribution in [3.63, 3.8) is 0 Å². The highest BCUT2D eigenvalue weighted by Crippen LogP contribution is 2.32. The number of benzene rings is 2. The van der Waals surface area contributed by atoms with Crippen molar-refractivity contribution in [2.24, 2.45) is 0 Å². The summed E-state index contributed by atoms with van der Waals surface area (Å²) in [6, 6.07) is 14.3. The molecule has 0 spiro atoms. The van der Waals surface area contributed by atoms with Gasteiger partial charge in [0.25, 0.3) is 0 Å². The molecule has 1 aromatic heterocycles. The minimum absolute atomic E-state index is 0.0280. The highest BCUT2D eigenvalue weighted by atomic mass is 35.5. The molecule has 9 nitrogen and oxygen atoms in total. The van der Waals surface area contributed by atoms with Crippen molar-refractivity contribution in [1.82, 2.24) is 9.71 Å². The third kappa shape index (κ3) is 6.91. The lowest BCUT2D eigenvalue weighted by atomic mass is 9.99. The Bertz CT molecular complexity index is 1530. The van der Waals surface area contributed by atoms with Crippen LogP contribution in [0.25, 0.3) is 11.1 Å². The van der Waals surface area contributed by atoms with Gasteiger partial charge >= 0.3 is 12.0 Å². The second-order valence-corrected chi connectivity index (χ2v) is 11.9. The van der Waals surface area contributed by atoms with Crippen LogP contribution in [0.3, 0.4) is 0 Å². The number of allylic oxidation sites excluding steroid dienone is 3. The first kappa shape index (κ1) is 28.0. The van der Waals surface area contributed by atoms with Crippen molar-refractivity contribution in [2.75, 3.05) is 10.6 Å². The van der Waals surface area contributed by atoms with Gasteiger partial charge in [0.15, 0.2) is 4.21 Å².